The normalized spacial score (nSPS) is 16.5. The Kier molecular flexibility index (Phi) is 16.4. The van der Waals surface area contributed by atoms with Gasteiger partial charge in [0.15, 0.2) is 11.5 Å². The summed E-state index contributed by atoms with van der Waals surface area (Å²) in [5, 5.41) is 19.6. The summed E-state index contributed by atoms with van der Waals surface area (Å²) in [6.45, 7) is 8.41. The third-order valence-corrected chi connectivity index (χ3v) is 15.7. The Bertz CT molecular complexity index is 3200. The summed E-state index contributed by atoms with van der Waals surface area (Å²) in [4.78, 5) is 75.2. The first kappa shape index (κ1) is 53.5. The number of likely N-dealkylation sites (tertiary alicyclic amines) is 1. The molecule has 16 nitrogen and oxygen atoms in total. The van der Waals surface area contributed by atoms with E-state index in [2.05, 4.69) is 56.3 Å². The van der Waals surface area contributed by atoms with Crippen LogP contribution in [-0.2, 0) is 37.7 Å². The number of aromatic nitrogens is 5. The van der Waals surface area contributed by atoms with Gasteiger partial charge in [-0.3, -0.25) is 23.7 Å². The molecule has 2 fully saturated rings. The van der Waals surface area contributed by atoms with Crippen LogP contribution in [0, 0.1) is 12.3 Å². The van der Waals surface area contributed by atoms with Crippen LogP contribution in [0.25, 0.3) is 49.9 Å². The third-order valence-electron chi connectivity index (χ3n) is 14.8. The predicted molar refractivity (Wildman–Crippen MR) is 298 cm³/mol. The van der Waals surface area contributed by atoms with E-state index in [4.69, 9.17) is 21.4 Å². The van der Waals surface area contributed by atoms with Crippen molar-refractivity contribution in [2.45, 2.75) is 129 Å². The second-order valence-electron chi connectivity index (χ2n) is 21.5. The number of thiazole rings is 1. The first-order valence-electron chi connectivity index (χ1n) is 26.5. The number of nitrogens with one attached hydrogen (secondary N) is 3. The van der Waals surface area contributed by atoms with Crippen LogP contribution in [-0.4, -0.2) is 89.4 Å². The van der Waals surface area contributed by atoms with Gasteiger partial charge >= 0.3 is 0 Å². The largest absolute Gasteiger partial charge is 0.391 e. The Morgan fingerprint density at radius 3 is 2.33 bits per heavy atom. The summed E-state index contributed by atoms with van der Waals surface area (Å²) in [5.74, 6) is -0.00268. The number of hydrogen-bond donors (Lipinski definition) is 6. The van der Waals surface area contributed by atoms with Crippen molar-refractivity contribution in [1.82, 2.24) is 45.4 Å². The number of pyridine rings is 2. The molecule has 4 aromatic heterocycles. The number of fused-ring (bicyclic) bond motifs is 1. The molecular weight excluding hydrogens is 975 g/mol. The number of carbonyl (C=O) groups excluding carboxylic acids is 4. The lowest BCUT2D eigenvalue weighted by molar-refractivity contribution is -0.144. The Morgan fingerprint density at radius 1 is 0.842 bits per heavy atom. The van der Waals surface area contributed by atoms with Crippen molar-refractivity contribution in [3.8, 4) is 38.8 Å². The zero-order valence-electron chi connectivity index (χ0n) is 43.9. The molecule has 2 aliphatic rings. The fourth-order valence-corrected chi connectivity index (χ4v) is 11.0. The van der Waals surface area contributed by atoms with Crippen LogP contribution >= 0.6 is 11.3 Å². The van der Waals surface area contributed by atoms with Gasteiger partial charge in [0.25, 0.3) is 0 Å². The number of hydrogen-bond acceptors (Lipinski definition) is 12. The number of aryl methyl sites for hydroxylation is 2. The van der Waals surface area contributed by atoms with E-state index in [1.807, 2.05) is 105 Å². The average Bonchev–Trinajstić information content (AvgIpc) is 4.14. The maximum atomic E-state index is 14.1. The van der Waals surface area contributed by atoms with Crippen LogP contribution < -0.4 is 27.4 Å². The molecule has 1 aliphatic heterocycles. The highest BCUT2D eigenvalue weighted by Crippen LogP contribution is 2.40. The van der Waals surface area contributed by atoms with Crippen LogP contribution in [0.5, 0.6) is 0 Å². The van der Waals surface area contributed by atoms with Gasteiger partial charge in [-0.05, 0) is 116 Å². The van der Waals surface area contributed by atoms with Gasteiger partial charge in [-0.2, -0.15) is 0 Å². The van der Waals surface area contributed by atoms with Crippen molar-refractivity contribution < 1.29 is 24.3 Å². The van der Waals surface area contributed by atoms with Gasteiger partial charge in [0.1, 0.15) is 23.4 Å². The predicted octanol–water partition coefficient (Wildman–Crippen LogP) is 8.31. The summed E-state index contributed by atoms with van der Waals surface area (Å²) in [7, 11) is 0. The van der Waals surface area contributed by atoms with Gasteiger partial charge < -0.3 is 37.4 Å². The van der Waals surface area contributed by atoms with Crippen molar-refractivity contribution in [2.24, 2.45) is 11.1 Å². The molecule has 5 heterocycles. The number of amides is 4. The number of β-amino-alcohol motifs (C(OH)–C–C–N with tert-alkyl or cyclic N) is 1. The molecule has 0 unspecified atom stereocenters. The minimum absolute atomic E-state index is 0.00892. The van der Waals surface area contributed by atoms with Gasteiger partial charge in [0.2, 0.25) is 23.6 Å². The number of carbonyl (C=O) groups is 4. The number of benzene rings is 3. The molecule has 1 saturated heterocycles. The zero-order valence-corrected chi connectivity index (χ0v) is 44.7. The van der Waals surface area contributed by atoms with Crippen molar-refractivity contribution in [1.29, 1.82) is 0 Å². The van der Waals surface area contributed by atoms with E-state index in [1.54, 1.807) is 17.5 Å². The minimum atomic E-state index is -0.893. The summed E-state index contributed by atoms with van der Waals surface area (Å²) >= 11 is 1.58. The number of aliphatic hydroxyl groups excluding tert-OH is 1. The van der Waals surface area contributed by atoms with Gasteiger partial charge in [-0.1, -0.05) is 88.2 Å². The van der Waals surface area contributed by atoms with E-state index >= 15 is 0 Å². The molecule has 9 rings (SSSR count). The van der Waals surface area contributed by atoms with Crippen LogP contribution in [0.3, 0.4) is 0 Å². The van der Waals surface area contributed by atoms with Crippen molar-refractivity contribution in [3.05, 3.63) is 131 Å². The number of nitrogens with two attached hydrogens (primary N) is 2. The summed E-state index contributed by atoms with van der Waals surface area (Å²) in [5.41, 5.74) is 23.7. The molecule has 0 spiro atoms. The maximum Gasteiger partial charge on any atom is 0.246 e. The van der Waals surface area contributed by atoms with E-state index in [1.165, 1.54) is 4.90 Å². The van der Waals surface area contributed by atoms with Crippen molar-refractivity contribution >= 4 is 51.9 Å². The quantitative estimate of drug-likeness (QED) is 0.0397. The van der Waals surface area contributed by atoms with Crippen LogP contribution in [0.2, 0.25) is 0 Å². The SMILES string of the molecule is Cc1ncsc1-c1ccc(CNC(=O)[C@@H]2C[C@@H](O)CN2C(=O)[C@@H](NC(=O)CCCCCCNC(=O)CCc2cccc(-c3ccc4nc(-c5cccnc5N)n(-c5ccc(C6(N)CCC6)cc5)c4n3)c2)C(C)(C)C)cc1. The lowest BCUT2D eigenvalue weighted by Gasteiger charge is -2.38. The molecule has 1 aliphatic carbocycles. The van der Waals surface area contributed by atoms with Gasteiger partial charge in [-0.25, -0.2) is 19.9 Å². The number of rotatable bonds is 20. The standard InChI is InChI=1S/C59H69N11O5S/c1-37-51(76-36-65-37)40-19-16-39(17-20-40)34-64-56(74)48-33-44(71)35-69(48)57(75)52(58(2,3)4)68-50(73)15-7-5-6-8-30-62-49(72)27-18-38-12-9-13-41(32-38)46-25-26-47-55(66-46)70(54(67-47)45-14-10-31-63-53(45)60)43-23-21-42(22-24-43)59(61)28-11-29-59/h9-10,12-14,16-17,19-26,31-32,36,44,48,52,71H,5-8,11,15,18,27-30,33-35,61H2,1-4H3,(H2,60,63)(H,62,72)(H,64,74)(H,68,73)/t44-,48+,52-/m1/s1. The van der Waals surface area contributed by atoms with E-state index in [-0.39, 0.29) is 49.2 Å². The number of anilines is 1. The second kappa shape index (κ2) is 23.3. The molecule has 17 heteroatoms. The van der Waals surface area contributed by atoms with Crippen molar-refractivity contribution in [2.75, 3.05) is 18.8 Å². The van der Waals surface area contributed by atoms with Gasteiger partial charge in [0.05, 0.1) is 33.4 Å². The molecule has 0 radical (unpaired) electrons. The number of aliphatic hydroxyl groups is 1. The van der Waals surface area contributed by atoms with Crippen LogP contribution in [0.15, 0.2) is 109 Å². The van der Waals surface area contributed by atoms with Crippen LogP contribution in [0.4, 0.5) is 5.82 Å². The van der Waals surface area contributed by atoms with E-state index in [9.17, 15) is 24.3 Å². The molecule has 0 bridgehead atoms. The third kappa shape index (κ3) is 12.3. The number of unbranched alkanes of at least 4 members (excludes halogenated alkanes) is 3. The molecule has 3 atom stereocenters. The monoisotopic (exact) mass is 1040 g/mol. The lowest BCUT2D eigenvalue weighted by atomic mass is 9.73. The number of nitrogen functional groups attached to an aromatic ring is 1. The summed E-state index contributed by atoms with van der Waals surface area (Å²) in [6, 6.07) is 30.3. The molecule has 3 aromatic carbocycles. The van der Waals surface area contributed by atoms with Gasteiger partial charge in [0, 0.05) is 61.9 Å². The van der Waals surface area contributed by atoms with E-state index in [0.717, 1.165) is 88.3 Å². The molecule has 76 heavy (non-hydrogen) atoms. The first-order chi connectivity index (χ1) is 36.5. The Morgan fingerprint density at radius 2 is 1.62 bits per heavy atom. The highest BCUT2D eigenvalue weighted by atomic mass is 32.1. The number of nitrogens with zero attached hydrogens (tertiary/aromatic N) is 6. The Balaban J connectivity index is 0.722. The first-order valence-corrected chi connectivity index (χ1v) is 27.3. The highest BCUT2D eigenvalue weighted by Gasteiger charge is 2.44. The maximum absolute atomic E-state index is 14.1. The molecule has 396 valence electrons. The summed E-state index contributed by atoms with van der Waals surface area (Å²) in [6.07, 6.45) is 8.10. The van der Waals surface area contributed by atoms with E-state index in [0.29, 0.717) is 54.2 Å². The minimum Gasteiger partial charge on any atom is -0.391 e. The fourth-order valence-electron chi connectivity index (χ4n) is 10.2. The fraction of sp³-hybridized carbons (Fsp3) is 0.390. The van der Waals surface area contributed by atoms with Crippen LogP contribution in [0.1, 0.15) is 107 Å². The smallest absolute Gasteiger partial charge is 0.246 e. The van der Waals surface area contributed by atoms with Gasteiger partial charge in [-0.15, -0.1) is 11.3 Å². The Labute approximate surface area is 448 Å². The number of imidazole rings is 1. The molecule has 1 saturated carbocycles. The molecule has 7 aromatic rings. The molecular formula is C59H69N11O5S. The van der Waals surface area contributed by atoms with Crippen molar-refractivity contribution in [3.63, 3.8) is 0 Å². The summed E-state index contributed by atoms with van der Waals surface area (Å²) < 4.78 is 2.02. The second-order valence-corrected chi connectivity index (χ2v) is 22.3. The average molecular weight is 1040 g/mol. The molecule has 8 N–H and O–H groups in total. The Hall–Kier alpha value is -7.34. The molecule has 4 amide bonds. The zero-order chi connectivity index (χ0) is 53.6. The highest BCUT2D eigenvalue weighted by molar-refractivity contribution is 7.13. The van der Waals surface area contributed by atoms with E-state index < -0.39 is 29.5 Å². The lowest BCUT2D eigenvalue weighted by Crippen LogP contribution is -2.57. The topological polar surface area (TPSA) is 236 Å².